The van der Waals surface area contributed by atoms with E-state index in [2.05, 4.69) is 24.0 Å². The van der Waals surface area contributed by atoms with Crippen molar-refractivity contribution in [3.63, 3.8) is 0 Å². The first-order valence-corrected chi connectivity index (χ1v) is 11.2. The molecule has 1 aromatic rings. The molecule has 1 saturated heterocycles. The highest BCUT2D eigenvalue weighted by molar-refractivity contribution is 7.88. The zero-order valence-electron chi connectivity index (χ0n) is 15.7. The molecule has 2 fully saturated rings. The molecule has 0 N–H and O–H groups in total. The minimum Gasteiger partial charge on any atom is -0.339 e. The van der Waals surface area contributed by atoms with Crippen LogP contribution in [0.15, 0.2) is 30.3 Å². The molecule has 1 amide bonds. The van der Waals surface area contributed by atoms with Crippen molar-refractivity contribution >= 4 is 15.9 Å². The lowest BCUT2D eigenvalue weighted by molar-refractivity contribution is -0.134. The molecular formula is C19H29N3O3S. The molecule has 1 aliphatic heterocycles. The highest BCUT2D eigenvalue weighted by Crippen LogP contribution is 2.35. The number of benzene rings is 1. The monoisotopic (exact) mass is 379 g/mol. The third-order valence-corrected chi connectivity index (χ3v) is 6.81. The van der Waals surface area contributed by atoms with Crippen LogP contribution >= 0.6 is 0 Å². The lowest BCUT2D eigenvalue weighted by Gasteiger charge is -2.36. The Morgan fingerprint density at radius 2 is 1.77 bits per heavy atom. The Labute approximate surface area is 156 Å². The van der Waals surface area contributed by atoms with E-state index in [1.165, 1.54) is 29.0 Å². The number of carbonyl (C=O) groups is 1. The summed E-state index contributed by atoms with van der Waals surface area (Å²) >= 11 is 0. The van der Waals surface area contributed by atoms with Crippen LogP contribution in [-0.2, 0) is 21.4 Å². The first-order chi connectivity index (χ1) is 12.3. The molecule has 3 rings (SSSR count). The number of sulfonamides is 1. The van der Waals surface area contributed by atoms with Gasteiger partial charge >= 0.3 is 0 Å². The van der Waals surface area contributed by atoms with Crippen molar-refractivity contribution in [3.8, 4) is 0 Å². The number of amides is 1. The van der Waals surface area contributed by atoms with E-state index >= 15 is 0 Å². The largest absolute Gasteiger partial charge is 0.339 e. The van der Waals surface area contributed by atoms with Crippen molar-refractivity contribution in [3.05, 3.63) is 35.9 Å². The van der Waals surface area contributed by atoms with Crippen LogP contribution < -0.4 is 0 Å². The molecule has 0 spiro atoms. The van der Waals surface area contributed by atoms with Crippen molar-refractivity contribution < 1.29 is 13.2 Å². The summed E-state index contributed by atoms with van der Waals surface area (Å²) in [4.78, 5) is 16.9. The molecule has 1 heterocycles. The standard InChI is InChI=1S/C19H29N3O3S/c1-16(18-8-9-18)21(14-17-6-4-3-5-7-17)15-19(23)20-10-12-22(13-11-20)26(2,24)25/h3-7,16,18H,8-15H2,1-2H3. The maximum Gasteiger partial charge on any atom is 0.236 e. The molecule has 0 aromatic heterocycles. The minimum absolute atomic E-state index is 0.0987. The van der Waals surface area contributed by atoms with Gasteiger partial charge in [0.2, 0.25) is 15.9 Å². The predicted molar refractivity (Wildman–Crippen MR) is 102 cm³/mol. The predicted octanol–water partition coefficient (Wildman–Crippen LogP) is 1.39. The second-order valence-corrected chi connectivity index (χ2v) is 9.49. The lowest BCUT2D eigenvalue weighted by Crippen LogP contribution is -2.53. The van der Waals surface area contributed by atoms with Crippen LogP contribution in [0.5, 0.6) is 0 Å². The van der Waals surface area contributed by atoms with E-state index in [-0.39, 0.29) is 5.91 Å². The van der Waals surface area contributed by atoms with Gasteiger partial charge in [0.05, 0.1) is 12.8 Å². The van der Waals surface area contributed by atoms with E-state index in [1.807, 2.05) is 18.2 Å². The lowest BCUT2D eigenvalue weighted by atomic mass is 10.1. The summed E-state index contributed by atoms with van der Waals surface area (Å²) in [6.45, 7) is 5.11. The van der Waals surface area contributed by atoms with Gasteiger partial charge in [0.1, 0.15) is 0 Å². The minimum atomic E-state index is -3.17. The highest BCUT2D eigenvalue weighted by Gasteiger charge is 2.34. The van der Waals surface area contributed by atoms with Crippen molar-refractivity contribution in [1.82, 2.24) is 14.1 Å². The van der Waals surface area contributed by atoms with Gasteiger partial charge in [0.15, 0.2) is 0 Å². The molecular weight excluding hydrogens is 350 g/mol. The van der Waals surface area contributed by atoms with Crippen LogP contribution in [0.1, 0.15) is 25.3 Å². The average Bonchev–Trinajstić information content (AvgIpc) is 3.46. The van der Waals surface area contributed by atoms with Gasteiger partial charge < -0.3 is 4.90 Å². The number of rotatable bonds is 7. The highest BCUT2D eigenvalue weighted by atomic mass is 32.2. The van der Waals surface area contributed by atoms with Crippen LogP contribution in [0, 0.1) is 5.92 Å². The molecule has 0 bridgehead atoms. The molecule has 0 radical (unpaired) electrons. The number of hydrogen-bond donors (Lipinski definition) is 0. The number of carbonyl (C=O) groups excluding carboxylic acids is 1. The Hall–Kier alpha value is -1.44. The summed E-state index contributed by atoms with van der Waals surface area (Å²) in [7, 11) is -3.17. The molecule has 7 heteroatoms. The van der Waals surface area contributed by atoms with Gasteiger partial charge in [-0.2, -0.15) is 4.31 Å². The van der Waals surface area contributed by atoms with Crippen LogP contribution in [0.4, 0.5) is 0 Å². The van der Waals surface area contributed by atoms with Gasteiger partial charge in [-0.25, -0.2) is 8.42 Å². The van der Waals surface area contributed by atoms with Crippen LogP contribution in [0.25, 0.3) is 0 Å². The SMILES string of the molecule is CC(C1CC1)N(CC(=O)N1CCN(S(C)(=O)=O)CC1)Cc1ccccc1. The van der Waals surface area contributed by atoms with Gasteiger partial charge in [-0.15, -0.1) is 0 Å². The Kier molecular flexibility index (Phi) is 5.99. The summed E-state index contributed by atoms with van der Waals surface area (Å²) in [5, 5.41) is 0. The Balaban J connectivity index is 1.60. The first-order valence-electron chi connectivity index (χ1n) is 9.35. The van der Waals surface area contributed by atoms with E-state index in [1.54, 1.807) is 4.90 Å². The maximum absolute atomic E-state index is 12.8. The molecule has 26 heavy (non-hydrogen) atoms. The van der Waals surface area contributed by atoms with E-state index in [4.69, 9.17) is 0 Å². The molecule has 1 atom stereocenters. The molecule has 6 nitrogen and oxygen atoms in total. The second-order valence-electron chi connectivity index (χ2n) is 7.51. The van der Waals surface area contributed by atoms with E-state index in [9.17, 15) is 13.2 Å². The maximum atomic E-state index is 12.8. The molecule has 1 aliphatic carbocycles. The summed E-state index contributed by atoms with van der Waals surface area (Å²) in [5.41, 5.74) is 1.22. The van der Waals surface area contributed by atoms with Crippen LogP contribution in [0.3, 0.4) is 0 Å². The van der Waals surface area contributed by atoms with Crippen molar-refractivity contribution in [1.29, 1.82) is 0 Å². The third kappa shape index (κ3) is 5.05. The third-order valence-electron chi connectivity index (χ3n) is 5.51. The fourth-order valence-electron chi connectivity index (χ4n) is 3.58. The molecule has 1 unspecified atom stereocenters. The van der Waals surface area contributed by atoms with E-state index in [0.717, 1.165) is 6.54 Å². The Morgan fingerprint density at radius 1 is 1.15 bits per heavy atom. The fourth-order valence-corrected chi connectivity index (χ4v) is 4.41. The summed E-state index contributed by atoms with van der Waals surface area (Å²) in [6, 6.07) is 10.6. The first kappa shape index (κ1) is 19.3. The van der Waals surface area contributed by atoms with Gasteiger partial charge in [0, 0.05) is 38.8 Å². The van der Waals surface area contributed by atoms with Gasteiger partial charge in [-0.1, -0.05) is 30.3 Å². The number of nitrogens with zero attached hydrogens (tertiary/aromatic N) is 3. The van der Waals surface area contributed by atoms with Crippen molar-refractivity contribution in [2.24, 2.45) is 5.92 Å². The molecule has 1 aromatic carbocycles. The van der Waals surface area contributed by atoms with Crippen LogP contribution in [0.2, 0.25) is 0 Å². The zero-order valence-corrected chi connectivity index (χ0v) is 16.5. The summed E-state index contributed by atoms with van der Waals surface area (Å²) in [6.07, 6.45) is 3.71. The molecule has 144 valence electrons. The van der Waals surface area contributed by atoms with E-state index in [0.29, 0.717) is 44.7 Å². The normalized spacial score (nSPS) is 20.3. The zero-order chi connectivity index (χ0) is 18.7. The van der Waals surface area contributed by atoms with Crippen molar-refractivity contribution in [2.45, 2.75) is 32.4 Å². The average molecular weight is 380 g/mol. The summed E-state index contributed by atoms with van der Waals surface area (Å²) in [5.74, 6) is 0.787. The quantitative estimate of drug-likeness (QED) is 0.718. The fraction of sp³-hybridized carbons (Fsp3) is 0.632. The Bertz CT molecular complexity index is 711. The second kappa shape index (κ2) is 8.06. The Morgan fingerprint density at radius 3 is 2.31 bits per heavy atom. The number of piperazine rings is 1. The molecule has 1 saturated carbocycles. The van der Waals surface area contributed by atoms with Gasteiger partial charge in [-0.3, -0.25) is 9.69 Å². The summed E-state index contributed by atoms with van der Waals surface area (Å²) < 4.78 is 24.7. The topological polar surface area (TPSA) is 60.9 Å². The van der Waals surface area contributed by atoms with Crippen molar-refractivity contribution in [2.75, 3.05) is 39.0 Å². The van der Waals surface area contributed by atoms with E-state index < -0.39 is 10.0 Å². The number of hydrogen-bond acceptors (Lipinski definition) is 4. The van der Waals surface area contributed by atoms with Gasteiger partial charge in [0.25, 0.3) is 0 Å². The smallest absolute Gasteiger partial charge is 0.236 e. The van der Waals surface area contributed by atoms with Crippen LogP contribution in [-0.4, -0.2) is 73.5 Å². The molecule has 2 aliphatic rings. The van der Waals surface area contributed by atoms with Gasteiger partial charge in [-0.05, 0) is 31.2 Å².